The number of carbonyl (C=O) groups excluding carboxylic acids is 1. The lowest BCUT2D eigenvalue weighted by molar-refractivity contribution is -0.132. The molecule has 1 aliphatic carbocycles. The molecule has 4 heteroatoms. The fraction of sp³-hybridized carbons (Fsp3) is 0.467. The van der Waals surface area contributed by atoms with E-state index >= 15 is 0 Å². The molecule has 2 aliphatic rings. The first-order valence-electron chi connectivity index (χ1n) is 6.81. The van der Waals surface area contributed by atoms with Gasteiger partial charge in [0.25, 0.3) is 0 Å². The second kappa shape index (κ2) is 4.93. The largest absolute Gasteiger partial charge is 0.373 e. The normalized spacial score (nSPS) is 20.3. The molecule has 1 atom stereocenters. The Labute approximate surface area is 113 Å². The van der Waals surface area contributed by atoms with E-state index in [1.807, 2.05) is 23.1 Å². The number of carbonyl (C=O) groups is 1. The molecule has 1 aromatic rings. The van der Waals surface area contributed by atoms with E-state index in [0.717, 1.165) is 24.9 Å². The van der Waals surface area contributed by atoms with Crippen molar-refractivity contribution in [1.82, 2.24) is 4.90 Å². The molecule has 1 amide bonds. The van der Waals surface area contributed by atoms with Crippen molar-refractivity contribution in [3.05, 3.63) is 29.8 Å². The molecule has 0 radical (unpaired) electrons. The van der Waals surface area contributed by atoms with Gasteiger partial charge in [-0.1, -0.05) is 18.2 Å². The summed E-state index contributed by atoms with van der Waals surface area (Å²) < 4.78 is 0. The zero-order chi connectivity index (χ0) is 13.2. The summed E-state index contributed by atoms with van der Waals surface area (Å²) >= 11 is 0. The summed E-state index contributed by atoms with van der Waals surface area (Å²) in [6, 6.07) is 10.4. The molecule has 4 nitrogen and oxygen atoms in total. The minimum Gasteiger partial charge on any atom is -0.373 e. The number of hydrogen-bond acceptors (Lipinski definition) is 3. The van der Waals surface area contributed by atoms with Crippen molar-refractivity contribution < 1.29 is 4.79 Å². The van der Waals surface area contributed by atoms with Gasteiger partial charge in [0.2, 0.25) is 5.91 Å². The van der Waals surface area contributed by atoms with E-state index in [1.165, 1.54) is 5.56 Å². The first-order chi connectivity index (χ1) is 9.29. The van der Waals surface area contributed by atoms with E-state index in [-0.39, 0.29) is 11.9 Å². The van der Waals surface area contributed by atoms with Crippen molar-refractivity contribution in [3.63, 3.8) is 0 Å². The van der Waals surface area contributed by atoms with Crippen molar-refractivity contribution >= 4 is 11.6 Å². The van der Waals surface area contributed by atoms with Gasteiger partial charge in [-0.3, -0.25) is 4.79 Å². The van der Waals surface area contributed by atoms with Gasteiger partial charge in [0.1, 0.15) is 6.04 Å². The van der Waals surface area contributed by atoms with Crippen molar-refractivity contribution in [2.24, 2.45) is 0 Å². The topological polar surface area (TPSA) is 56.1 Å². The number of rotatable bonds is 4. The average Bonchev–Trinajstić information content (AvgIpc) is 3.17. The predicted molar refractivity (Wildman–Crippen MR) is 72.5 cm³/mol. The van der Waals surface area contributed by atoms with Crippen LogP contribution in [0.15, 0.2) is 24.3 Å². The SMILES string of the molecule is N#CCCN(C(=O)[C@@H]1Cc2ccccc2N1)C1CC1. The lowest BCUT2D eigenvalue weighted by atomic mass is 10.1. The van der Waals surface area contributed by atoms with Crippen LogP contribution in [-0.2, 0) is 11.2 Å². The third kappa shape index (κ3) is 2.41. The lowest BCUT2D eigenvalue weighted by Gasteiger charge is -2.24. The molecule has 0 saturated heterocycles. The molecule has 0 spiro atoms. The summed E-state index contributed by atoms with van der Waals surface area (Å²) in [6.45, 7) is 0.564. The van der Waals surface area contributed by atoms with Gasteiger partial charge in [0.05, 0.1) is 12.5 Å². The van der Waals surface area contributed by atoms with Crippen LogP contribution in [0.2, 0.25) is 0 Å². The molecule has 1 N–H and O–H groups in total. The number of fused-ring (bicyclic) bond motifs is 1. The van der Waals surface area contributed by atoms with Crippen molar-refractivity contribution in [3.8, 4) is 6.07 Å². The lowest BCUT2D eigenvalue weighted by Crippen LogP contribution is -2.43. The first-order valence-corrected chi connectivity index (χ1v) is 6.81. The Morgan fingerprint density at radius 2 is 2.21 bits per heavy atom. The summed E-state index contributed by atoms with van der Waals surface area (Å²) in [4.78, 5) is 14.5. The average molecular weight is 255 g/mol. The highest BCUT2D eigenvalue weighted by atomic mass is 16.2. The minimum atomic E-state index is -0.156. The molecule has 19 heavy (non-hydrogen) atoms. The predicted octanol–water partition coefficient (Wildman–Crippen LogP) is 1.93. The number of nitrogens with one attached hydrogen (secondary N) is 1. The van der Waals surface area contributed by atoms with Gasteiger partial charge in [-0.2, -0.15) is 5.26 Å². The summed E-state index contributed by atoms with van der Waals surface area (Å²) in [5.41, 5.74) is 2.27. The zero-order valence-electron chi connectivity index (χ0n) is 10.8. The zero-order valence-corrected chi connectivity index (χ0v) is 10.8. The maximum Gasteiger partial charge on any atom is 0.245 e. The molecule has 0 unspecified atom stereocenters. The summed E-state index contributed by atoms with van der Waals surface area (Å²) in [6.07, 6.45) is 3.33. The molecule has 1 aliphatic heterocycles. The van der Waals surface area contributed by atoms with E-state index in [4.69, 9.17) is 5.26 Å². The smallest absolute Gasteiger partial charge is 0.245 e. The molecule has 1 fully saturated rings. The second-order valence-electron chi connectivity index (χ2n) is 5.23. The molecule has 3 rings (SSSR count). The molecule has 1 saturated carbocycles. The van der Waals surface area contributed by atoms with Crippen LogP contribution in [0.1, 0.15) is 24.8 Å². The fourth-order valence-electron chi connectivity index (χ4n) is 2.68. The number of anilines is 1. The standard InChI is InChI=1S/C15H17N3O/c16-8-3-9-18(12-6-7-12)15(19)14-10-11-4-1-2-5-13(11)17-14/h1-2,4-5,12,14,17H,3,6-7,9-10H2/t14-/m0/s1. The quantitative estimate of drug-likeness (QED) is 0.894. The van der Waals surface area contributed by atoms with Gasteiger partial charge in [-0.15, -0.1) is 0 Å². The molecule has 1 aromatic carbocycles. The Kier molecular flexibility index (Phi) is 3.12. The highest BCUT2D eigenvalue weighted by Crippen LogP contribution is 2.31. The van der Waals surface area contributed by atoms with Crippen molar-refractivity contribution in [2.45, 2.75) is 37.8 Å². The van der Waals surface area contributed by atoms with Gasteiger partial charge < -0.3 is 10.2 Å². The van der Waals surface area contributed by atoms with Crippen LogP contribution < -0.4 is 5.32 Å². The molecular formula is C15H17N3O. The van der Waals surface area contributed by atoms with Gasteiger partial charge in [-0.25, -0.2) is 0 Å². The molecular weight excluding hydrogens is 238 g/mol. The van der Waals surface area contributed by atoms with Crippen LogP contribution in [0, 0.1) is 11.3 Å². The molecule has 0 aromatic heterocycles. The van der Waals surface area contributed by atoms with Crippen LogP contribution in [-0.4, -0.2) is 29.4 Å². The summed E-state index contributed by atoms with van der Waals surface area (Å²) in [7, 11) is 0. The third-order valence-corrected chi connectivity index (χ3v) is 3.80. The number of nitriles is 1. The van der Waals surface area contributed by atoms with E-state index in [1.54, 1.807) is 0 Å². The number of benzene rings is 1. The maximum absolute atomic E-state index is 12.6. The Bertz CT molecular complexity index is 505. The minimum absolute atomic E-state index is 0.147. The van der Waals surface area contributed by atoms with E-state index in [2.05, 4.69) is 17.5 Å². The first kappa shape index (κ1) is 12.0. The third-order valence-electron chi connectivity index (χ3n) is 3.80. The second-order valence-corrected chi connectivity index (χ2v) is 5.23. The summed E-state index contributed by atoms with van der Waals surface area (Å²) in [5, 5.41) is 12.0. The van der Waals surface area contributed by atoms with Crippen LogP contribution in [0.25, 0.3) is 0 Å². The van der Waals surface area contributed by atoms with E-state index in [0.29, 0.717) is 19.0 Å². The van der Waals surface area contributed by atoms with Gasteiger partial charge in [0, 0.05) is 24.7 Å². The summed E-state index contributed by atoms with van der Waals surface area (Å²) in [5.74, 6) is 0.147. The van der Waals surface area contributed by atoms with Gasteiger partial charge in [-0.05, 0) is 24.5 Å². The van der Waals surface area contributed by atoms with Crippen LogP contribution in [0.4, 0.5) is 5.69 Å². The molecule has 0 bridgehead atoms. The molecule has 1 heterocycles. The van der Waals surface area contributed by atoms with Gasteiger partial charge >= 0.3 is 0 Å². The number of nitrogens with zero attached hydrogens (tertiary/aromatic N) is 2. The highest BCUT2D eigenvalue weighted by molar-refractivity contribution is 5.88. The Morgan fingerprint density at radius 1 is 1.42 bits per heavy atom. The Balaban J connectivity index is 1.69. The van der Waals surface area contributed by atoms with Gasteiger partial charge in [0.15, 0.2) is 0 Å². The number of amides is 1. The van der Waals surface area contributed by atoms with Crippen molar-refractivity contribution in [1.29, 1.82) is 5.26 Å². The number of hydrogen-bond donors (Lipinski definition) is 1. The fourth-order valence-corrected chi connectivity index (χ4v) is 2.68. The highest BCUT2D eigenvalue weighted by Gasteiger charge is 2.37. The maximum atomic E-state index is 12.6. The Morgan fingerprint density at radius 3 is 2.89 bits per heavy atom. The van der Waals surface area contributed by atoms with E-state index < -0.39 is 0 Å². The van der Waals surface area contributed by atoms with Crippen LogP contribution in [0.5, 0.6) is 0 Å². The van der Waals surface area contributed by atoms with Crippen LogP contribution in [0.3, 0.4) is 0 Å². The van der Waals surface area contributed by atoms with E-state index in [9.17, 15) is 4.79 Å². The van der Waals surface area contributed by atoms with Crippen molar-refractivity contribution in [2.75, 3.05) is 11.9 Å². The monoisotopic (exact) mass is 255 g/mol. The molecule has 98 valence electrons. The van der Waals surface area contributed by atoms with Crippen LogP contribution >= 0.6 is 0 Å². The Hall–Kier alpha value is -2.02. The number of para-hydroxylation sites is 1.